The molecule has 0 spiro atoms. The summed E-state index contributed by atoms with van der Waals surface area (Å²) in [6.45, 7) is 1.45. The molecule has 6 heteroatoms. The first kappa shape index (κ1) is 13.3. The van der Waals surface area contributed by atoms with Gasteiger partial charge in [-0.3, -0.25) is 9.59 Å². The van der Waals surface area contributed by atoms with Gasteiger partial charge in [0.05, 0.1) is 6.42 Å². The molecule has 0 atom stereocenters. The average molecular weight is 248 g/mol. The average Bonchev–Trinajstić information content (AvgIpc) is 2.20. The number of hydrogen-bond acceptors (Lipinski definition) is 2. The second-order valence-corrected chi connectivity index (χ2v) is 3.48. The first-order chi connectivity index (χ1) is 7.71. The Hall–Kier alpha value is -1.72. The van der Waals surface area contributed by atoms with Gasteiger partial charge in [-0.2, -0.15) is 13.2 Å². The van der Waals surface area contributed by atoms with Crippen molar-refractivity contribution in [3.63, 3.8) is 0 Å². The molecule has 1 rings (SSSR count). The van der Waals surface area contributed by atoms with E-state index < -0.39 is 30.0 Å². The van der Waals surface area contributed by atoms with Crippen LogP contribution in [-0.4, -0.2) is 17.7 Å². The molecular weight excluding hydrogens is 240 g/mol. The van der Waals surface area contributed by atoms with Gasteiger partial charge < -0.3 is 0 Å². The first-order valence-corrected chi connectivity index (χ1v) is 4.61. The van der Waals surface area contributed by atoms with Gasteiger partial charge in [-0.25, -0.2) is 4.39 Å². The molecule has 17 heavy (non-hydrogen) atoms. The van der Waals surface area contributed by atoms with E-state index >= 15 is 0 Å². The van der Waals surface area contributed by atoms with Gasteiger partial charge in [0.1, 0.15) is 5.82 Å². The summed E-state index contributed by atoms with van der Waals surface area (Å²) >= 11 is 0. The van der Waals surface area contributed by atoms with Crippen molar-refractivity contribution in [1.82, 2.24) is 0 Å². The summed E-state index contributed by atoms with van der Waals surface area (Å²) in [6, 6.07) is 3.27. The Bertz CT molecular complexity index is 463. The second kappa shape index (κ2) is 4.65. The van der Waals surface area contributed by atoms with Crippen LogP contribution >= 0.6 is 0 Å². The molecule has 0 saturated heterocycles. The molecule has 0 saturated carbocycles. The van der Waals surface area contributed by atoms with Crippen molar-refractivity contribution >= 4 is 11.6 Å². The zero-order chi connectivity index (χ0) is 13.2. The molecule has 1 aromatic rings. The van der Waals surface area contributed by atoms with E-state index in [9.17, 15) is 27.2 Å². The van der Waals surface area contributed by atoms with E-state index in [1.807, 2.05) is 0 Å². The van der Waals surface area contributed by atoms with Crippen LogP contribution in [-0.2, 0) is 4.79 Å². The van der Waals surface area contributed by atoms with Crippen LogP contribution < -0.4 is 0 Å². The van der Waals surface area contributed by atoms with Gasteiger partial charge >= 0.3 is 6.18 Å². The second-order valence-electron chi connectivity index (χ2n) is 3.48. The summed E-state index contributed by atoms with van der Waals surface area (Å²) in [4.78, 5) is 21.8. The van der Waals surface area contributed by atoms with E-state index in [1.54, 1.807) is 0 Å². The molecule has 92 valence electrons. The Balaban J connectivity index is 2.84. The van der Waals surface area contributed by atoms with Gasteiger partial charge in [0.25, 0.3) is 0 Å². The molecule has 0 amide bonds. The van der Waals surface area contributed by atoms with Crippen LogP contribution in [0.2, 0.25) is 0 Å². The standard InChI is InChI=1S/C11H8F4O2/c1-6-2-3-7(4-8(6)12)9(16)5-10(17)11(13,14)15/h2-4H,5H2,1H3. The van der Waals surface area contributed by atoms with Gasteiger partial charge in [-0.15, -0.1) is 0 Å². The molecule has 0 heterocycles. The van der Waals surface area contributed by atoms with E-state index in [-0.39, 0.29) is 11.1 Å². The monoisotopic (exact) mass is 248 g/mol. The molecule has 0 aliphatic rings. The molecule has 0 radical (unpaired) electrons. The minimum Gasteiger partial charge on any atom is -0.294 e. The van der Waals surface area contributed by atoms with Crippen molar-refractivity contribution in [2.24, 2.45) is 0 Å². The minimum atomic E-state index is -5.04. The van der Waals surface area contributed by atoms with Crippen molar-refractivity contribution in [2.45, 2.75) is 19.5 Å². The summed E-state index contributed by atoms with van der Waals surface area (Å²) in [5.41, 5.74) is 0.0226. The molecule has 0 fully saturated rings. The van der Waals surface area contributed by atoms with E-state index in [2.05, 4.69) is 0 Å². The number of carbonyl (C=O) groups excluding carboxylic acids is 2. The Labute approximate surface area is 94.2 Å². The Kier molecular flexibility index (Phi) is 3.65. The number of rotatable bonds is 3. The van der Waals surface area contributed by atoms with Crippen molar-refractivity contribution < 1.29 is 27.2 Å². The highest BCUT2D eigenvalue weighted by molar-refractivity contribution is 6.09. The van der Waals surface area contributed by atoms with Crippen LogP contribution in [0.5, 0.6) is 0 Å². The Morgan fingerprint density at radius 2 is 1.82 bits per heavy atom. The smallest absolute Gasteiger partial charge is 0.294 e. The largest absolute Gasteiger partial charge is 0.450 e. The number of ketones is 2. The van der Waals surface area contributed by atoms with E-state index in [1.165, 1.54) is 19.1 Å². The number of halogens is 4. The van der Waals surface area contributed by atoms with Gasteiger partial charge in [-0.1, -0.05) is 12.1 Å². The van der Waals surface area contributed by atoms with Crippen LogP contribution in [0.3, 0.4) is 0 Å². The highest BCUT2D eigenvalue weighted by atomic mass is 19.4. The van der Waals surface area contributed by atoms with Gasteiger partial charge in [0, 0.05) is 5.56 Å². The van der Waals surface area contributed by atoms with E-state index in [0.29, 0.717) is 0 Å². The van der Waals surface area contributed by atoms with Crippen molar-refractivity contribution in [3.8, 4) is 0 Å². The summed E-state index contributed by atoms with van der Waals surface area (Å²) in [5, 5.41) is 0. The predicted molar refractivity (Wildman–Crippen MR) is 51.1 cm³/mol. The Morgan fingerprint density at radius 3 is 2.29 bits per heavy atom. The van der Waals surface area contributed by atoms with Crippen molar-refractivity contribution in [1.29, 1.82) is 0 Å². The number of carbonyl (C=O) groups is 2. The third-order valence-electron chi connectivity index (χ3n) is 2.13. The summed E-state index contributed by atoms with van der Waals surface area (Å²) < 4.78 is 48.7. The predicted octanol–water partition coefficient (Wildman–Crippen LogP) is 2.84. The molecule has 0 unspecified atom stereocenters. The van der Waals surface area contributed by atoms with Crippen LogP contribution in [0.25, 0.3) is 0 Å². The lowest BCUT2D eigenvalue weighted by atomic mass is 10.0. The number of aryl methyl sites for hydroxylation is 1. The first-order valence-electron chi connectivity index (χ1n) is 4.61. The molecular formula is C11H8F4O2. The fourth-order valence-corrected chi connectivity index (χ4v) is 1.11. The van der Waals surface area contributed by atoms with Crippen LogP contribution in [0.15, 0.2) is 18.2 Å². The van der Waals surface area contributed by atoms with Gasteiger partial charge in [-0.05, 0) is 18.6 Å². The lowest BCUT2D eigenvalue weighted by molar-refractivity contribution is -0.170. The Morgan fingerprint density at radius 1 is 1.24 bits per heavy atom. The molecule has 1 aromatic carbocycles. The fourth-order valence-electron chi connectivity index (χ4n) is 1.11. The van der Waals surface area contributed by atoms with Crippen LogP contribution in [0.1, 0.15) is 22.3 Å². The summed E-state index contributed by atoms with van der Waals surface area (Å²) in [6.07, 6.45) is -6.34. The van der Waals surface area contributed by atoms with Crippen LogP contribution in [0, 0.1) is 12.7 Å². The van der Waals surface area contributed by atoms with Gasteiger partial charge in [0.2, 0.25) is 5.78 Å². The topological polar surface area (TPSA) is 34.1 Å². The molecule has 0 N–H and O–H groups in total. The van der Waals surface area contributed by atoms with Gasteiger partial charge in [0.15, 0.2) is 5.78 Å². The fraction of sp³-hybridized carbons (Fsp3) is 0.273. The van der Waals surface area contributed by atoms with E-state index in [0.717, 1.165) is 6.07 Å². The SMILES string of the molecule is Cc1ccc(C(=O)CC(=O)C(F)(F)F)cc1F. The normalized spacial score (nSPS) is 11.4. The van der Waals surface area contributed by atoms with E-state index in [4.69, 9.17) is 0 Å². The minimum absolute atomic E-state index is 0.245. The van der Waals surface area contributed by atoms with Crippen molar-refractivity contribution in [3.05, 3.63) is 35.1 Å². The maximum Gasteiger partial charge on any atom is 0.450 e. The maximum absolute atomic E-state index is 13.1. The zero-order valence-electron chi connectivity index (χ0n) is 8.77. The summed E-state index contributed by atoms with van der Waals surface area (Å²) in [7, 11) is 0. The number of Topliss-reactive ketones (excluding diaryl/α,β-unsaturated/α-hetero) is 2. The molecule has 0 aliphatic carbocycles. The highest BCUT2D eigenvalue weighted by Crippen LogP contribution is 2.19. The number of hydrogen-bond donors (Lipinski definition) is 0. The third-order valence-corrected chi connectivity index (χ3v) is 2.13. The quantitative estimate of drug-likeness (QED) is 0.468. The molecule has 2 nitrogen and oxygen atoms in total. The summed E-state index contributed by atoms with van der Waals surface area (Å²) in [5.74, 6) is -3.88. The van der Waals surface area contributed by atoms with Crippen molar-refractivity contribution in [2.75, 3.05) is 0 Å². The van der Waals surface area contributed by atoms with Crippen LogP contribution in [0.4, 0.5) is 17.6 Å². The maximum atomic E-state index is 13.1. The molecule has 0 aromatic heterocycles. The lowest BCUT2D eigenvalue weighted by Gasteiger charge is -2.05. The number of alkyl halides is 3. The zero-order valence-corrected chi connectivity index (χ0v) is 8.77. The third kappa shape index (κ3) is 3.37. The molecule has 0 aliphatic heterocycles. The number of benzene rings is 1. The molecule has 0 bridgehead atoms. The lowest BCUT2D eigenvalue weighted by Crippen LogP contribution is -2.25. The highest BCUT2D eigenvalue weighted by Gasteiger charge is 2.39.